The highest BCUT2D eigenvalue weighted by molar-refractivity contribution is 7.09. The molecule has 1 aliphatic rings. The van der Waals surface area contributed by atoms with E-state index in [4.69, 9.17) is 0 Å². The Morgan fingerprint density at radius 3 is 2.92 bits per heavy atom. The lowest BCUT2D eigenvalue weighted by atomic mass is 10.00. The minimum atomic E-state index is 0.665. The van der Waals surface area contributed by atoms with Crippen molar-refractivity contribution in [1.29, 1.82) is 0 Å². The summed E-state index contributed by atoms with van der Waals surface area (Å²) in [5.41, 5.74) is 0.665. The molecule has 1 fully saturated rings. The van der Waals surface area contributed by atoms with Gasteiger partial charge in [-0.2, -0.15) is 0 Å². The van der Waals surface area contributed by atoms with Crippen molar-refractivity contribution >= 4 is 11.3 Å². The van der Waals surface area contributed by atoms with Crippen molar-refractivity contribution in [3.63, 3.8) is 0 Å². The predicted octanol–water partition coefficient (Wildman–Crippen LogP) is 2.68. The van der Waals surface area contributed by atoms with Crippen LogP contribution in [-0.4, -0.2) is 13.6 Å². The topological polar surface area (TPSA) is 12.0 Å². The Labute approximate surface area is 84.2 Å². The monoisotopic (exact) mass is 195 g/mol. The molecule has 1 aromatic heterocycles. The second kappa shape index (κ2) is 3.81. The minimum absolute atomic E-state index is 0.665. The molecule has 0 atom stereocenters. The first-order valence-corrected chi connectivity index (χ1v) is 5.90. The van der Waals surface area contributed by atoms with Crippen LogP contribution < -0.4 is 5.32 Å². The molecule has 0 saturated heterocycles. The van der Waals surface area contributed by atoms with E-state index in [1.54, 1.807) is 4.88 Å². The molecular weight excluding hydrogens is 178 g/mol. The standard InChI is InChI=1S/C11H17NS/c1-12-9-11(6-7-11)5-4-10-3-2-8-13-10/h2-3,8,12H,4-7,9H2,1H3. The molecule has 2 rings (SSSR count). The van der Waals surface area contributed by atoms with Crippen LogP contribution in [0.2, 0.25) is 0 Å². The SMILES string of the molecule is CNCC1(CCc2cccs2)CC1. The van der Waals surface area contributed by atoms with Gasteiger partial charge in [0.25, 0.3) is 0 Å². The number of aryl methyl sites for hydroxylation is 1. The van der Waals surface area contributed by atoms with Gasteiger partial charge in [-0.3, -0.25) is 0 Å². The van der Waals surface area contributed by atoms with E-state index in [9.17, 15) is 0 Å². The highest BCUT2D eigenvalue weighted by Crippen LogP contribution is 2.48. The third-order valence-corrected chi connectivity index (χ3v) is 3.93. The van der Waals surface area contributed by atoms with Crippen molar-refractivity contribution < 1.29 is 0 Å². The average molecular weight is 195 g/mol. The molecule has 0 unspecified atom stereocenters. The minimum Gasteiger partial charge on any atom is -0.319 e. The van der Waals surface area contributed by atoms with Crippen molar-refractivity contribution in [1.82, 2.24) is 5.32 Å². The van der Waals surface area contributed by atoms with E-state index in [0.717, 1.165) is 0 Å². The molecule has 1 saturated carbocycles. The third-order valence-electron chi connectivity index (χ3n) is 2.99. The van der Waals surface area contributed by atoms with E-state index in [-0.39, 0.29) is 0 Å². The molecular formula is C11H17NS. The van der Waals surface area contributed by atoms with Crippen LogP contribution in [0, 0.1) is 5.41 Å². The average Bonchev–Trinajstić information content (AvgIpc) is 2.71. The molecule has 0 aliphatic heterocycles. The highest BCUT2D eigenvalue weighted by Gasteiger charge is 2.40. The molecule has 1 aromatic rings. The fourth-order valence-electron chi connectivity index (χ4n) is 1.91. The quantitative estimate of drug-likeness (QED) is 0.761. The van der Waals surface area contributed by atoms with E-state index < -0.39 is 0 Å². The van der Waals surface area contributed by atoms with E-state index in [2.05, 4.69) is 29.9 Å². The fourth-order valence-corrected chi connectivity index (χ4v) is 2.62. The normalized spacial score (nSPS) is 18.8. The Hall–Kier alpha value is -0.340. The largest absolute Gasteiger partial charge is 0.319 e. The number of rotatable bonds is 5. The van der Waals surface area contributed by atoms with Crippen LogP contribution >= 0.6 is 11.3 Å². The van der Waals surface area contributed by atoms with Gasteiger partial charge in [-0.25, -0.2) is 0 Å². The molecule has 0 spiro atoms. The second-order valence-corrected chi connectivity index (χ2v) is 5.14. The summed E-state index contributed by atoms with van der Waals surface area (Å²) in [6, 6.07) is 4.40. The summed E-state index contributed by atoms with van der Waals surface area (Å²) in [6.45, 7) is 1.21. The zero-order valence-electron chi connectivity index (χ0n) is 8.18. The smallest absolute Gasteiger partial charge is 0.00454 e. The molecule has 1 heterocycles. The Bertz CT molecular complexity index is 249. The molecule has 13 heavy (non-hydrogen) atoms. The number of hydrogen-bond acceptors (Lipinski definition) is 2. The van der Waals surface area contributed by atoms with Gasteiger partial charge in [-0.05, 0) is 49.6 Å². The van der Waals surface area contributed by atoms with Crippen molar-refractivity contribution in [2.75, 3.05) is 13.6 Å². The Balaban J connectivity index is 1.79. The lowest BCUT2D eigenvalue weighted by Crippen LogP contribution is -2.20. The predicted molar refractivity (Wildman–Crippen MR) is 58.2 cm³/mol. The zero-order chi connectivity index (χ0) is 9.15. The zero-order valence-corrected chi connectivity index (χ0v) is 8.99. The van der Waals surface area contributed by atoms with Crippen LogP contribution in [0.3, 0.4) is 0 Å². The molecule has 0 radical (unpaired) electrons. The molecule has 72 valence electrons. The summed E-state index contributed by atoms with van der Waals surface area (Å²) in [6.07, 6.45) is 5.51. The lowest BCUT2D eigenvalue weighted by Gasteiger charge is -2.12. The number of hydrogen-bond donors (Lipinski definition) is 1. The van der Waals surface area contributed by atoms with Gasteiger partial charge < -0.3 is 5.32 Å². The van der Waals surface area contributed by atoms with Crippen LogP contribution in [0.4, 0.5) is 0 Å². The molecule has 1 aliphatic carbocycles. The fraction of sp³-hybridized carbons (Fsp3) is 0.636. The van der Waals surface area contributed by atoms with Crippen LogP contribution in [0.5, 0.6) is 0 Å². The maximum absolute atomic E-state index is 3.30. The van der Waals surface area contributed by atoms with E-state index in [1.165, 1.54) is 32.2 Å². The van der Waals surface area contributed by atoms with Crippen LogP contribution in [0.1, 0.15) is 24.1 Å². The summed E-state index contributed by atoms with van der Waals surface area (Å²) in [5, 5.41) is 5.48. The van der Waals surface area contributed by atoms with Crippen molar-refractivity contribution in [2.45, 2.75) is 25.7 Å². The van der Waals surface area contributed by atoms with Gasteiger partial charge in [0.05, 0.1) is 0 Å². The van der Waals surface area contributed by atoms with Gasteiger partial charge in [0.15, 0.2) is 0 Å². The maximum atomic E-state index is 3.30. The van der Waals surface area contributed by atoms with Gasteiger partial charge in [0.2, 0.25) is 0 Å². The Morgan fingerprint density at radius 1 is 1.54 bits per heavy atom. The van der Waals surface area contributed by atoms with Gasteiger partial charge >= 0.3 is 0 Å². The maximum Gasteiger partial charge on any atom is 0.00454 e. The summed E-state index contributed by atoms with van der Waals surface area (Å²) < 4.78 is 0. The van der Waals surface area contributed by atoms with Crippen LogP contribution in [-0.2, 0) is 6.42 Å². The first-order chi connectivity index (χ1) is 6.35. The molecule has 1 N–H and O–H groups in total. The van der Waals surface area contributed by atoms with Crippen LogP contribution in [0.15, 0.2) is 17.5 Å². The molecule has 0 amide bonds. The van der Waals surface area contributed by atoms with Gasteiger partial charge in [-0.15, -0.1) is 11.3 Å². The van der Waals surface area contributed by atoms with Gasteiger partial charge in [-0.1, -0.05) is 6.07 Å². The van der Waals surface area contributed by atoms with Crippen molar-refractivity contribution in [3.8, 4) is 0 Å². The summed E-state index contributed by atoms with van der Waals surface area (Å²) >= 11 is 1.89. The summed E-state index contributed by atoms with van der Waals surface area (Å²) in [5.74, 6) is 0. The van der Waals surface area contributed by atoms with E-state index in [0.29, 0.717) is 5.41 Å². The second-order valence-electron chi connectivity index (χ2n) is 4.11. The van der Waals surface area contributed by atoms with Crippen molar-refractivity contribution in [3.05, 3.63) is 22.4 Å². The summed E-state index contributed by atoms with van der Waals surface area (Å²) in [4.78, 5) is 1.54. The van der Waals surface area contributed by atoms with Gasteiger partial charge in [0, 0.05) is 11.4 Å². The van der Waals surface area contributed by atoms with Crippen molar-refractivity contribution in [2.24, 2.45) is 5.41 Å². The molecule has 2 heteroatoms. The highest BCUT2D eigenvalue weighted by atomic mass is 32.1. The molecule has 0 bridgehead atoms. The summed E-state index contributed by atoms with van der Waals surface area (Å²) in [7, 11) is 2.06. The Morgan fingerprint density at radius 2 is 2.38 bits per heavy atom. The third kappa shape index (κ3) is 2.32. The number of thiophene rings is 1. The van der Waals surface area contributed by atoms with Crippen LogP contribution in [0.25, 0.3) is 0 Å². The Kier molecular flexibility index (Phi) is 2.70. The molecule has 0 aromatic carbocycles. The van der Waals surface area contributed by atoms with E-state index >= 15 is 0 Å². The number of nitrogens with one attached hydrogen (secondary N) is 1. The first-order valence-electron chi connectivity index (χ1n) is 5.02. The molecule has 1 nitrogen and oxygen atoms in total. The van der Waals surface area contributed by atoms with Gasteiger partial charge in [0.1, 0.15) is 0 Å². The van der Waals surface area contributed by atoms with E-state index in [1.807, 2.05) is 11.3 Å². The lowest BCUT2D eigenvalue weighted by molar-refractivity contribution is 0.445. The first kappa shape index (κ1) is 9.22.